The zero-order valence-corrected chi connectivity index (χ0v) is 13.8. The smallest absolute Gasteiger partial charge is 0.270 e. The average molecular weight is 336 g/mol. The summed E-state index contributed by atoms with van der Waals surface area (Å²) in [6.45, 7) is 4.44. The standard InChI is InChI=1S/C13H18ClNO3S2/c1-8-3-4-11(5-9(8)2)15-13(16)10-6-12(19-7-10)20(14,17)18/h6-9,11H,3-5H2,1-2H3,(H,15,16). The Labute approximate surface area is 127 Å². The van der Waals surface area contributed by atoms with Gasteiger partial charge in [0.2, 0.25) is 0 Å². The molecule has 3 atom stereocenters. The van der Waals surface area contributed by atoms with Crippen LogP contribution in [0.15, 0.2) is 15.7 Å². The van der Waals surface area contributed by atoms with E-state index in [-0.39, 0.29) is 16.2 Å². The Bertz CT molecular complexity index is 597. The van der Waals surface area contributed by atoms with Gasteiger partial charge in [-0.1, -0.05) is 13.8 Å². The largest absolute Gasteiger partial charge is 0.349 e. The molecule has 1 aliphatic carbocycles. The van der Waals surface area contributed by atoms with Gasteiger partial charge in [-0.05, 0) is 37.2 Å². The minimum absolute atomic E-state index is 0.00921. The first kappa shape index (κ1) is 15.8. The summed E-state index contributed by atoms with van der Waals surface area (Å²) in [6.07, 6.45) is 3.05. The number of amides is 1. The first-order chi connectivity index (χ1) is 9.27. The van der Waals surface area contributed by atoms with Gasteiger partial charge in [-0.25, -0.2) is 8.42 Å². The minimum Gasteiger partial charge on any atom is -0.349 e. The van der Waals surface area contributed by atoms with Gasteiger partial charge in [0.1, 0.15) is 4.21 Å². The summed E-state index contributed by atoms with van der Waals surface area (Å²) in [6, 6.07) is 1.50. The van der Waals surface area contributed by atoms with Crippen LogP contribution in [-0.4, -0.2) is 20.4 Å². The molecule has 1 amide bonds. The third-order valence-corrected chi connectivity index (χ3v) is 7.05. The number of hydrogen-bond acceptors (Lipinski definition) is 4. The molecular formula is C13H18ClNO3S2. The first-order valence-corrected chi connectivity index (χ1v) is 9.80. The van der Waals surface area contributed by atoms with E-state index >= 15 is 0 Å². The molecule has 4 nitrogen and oxygen atoms in total. The van der Waals surface area contributed by atoms with Crippen molar-refractivity contribution in [3.05, 3.63) is 17.0 Å². The molecule has 7 heteroatoms. The average Bonchev–Trinajstić information content (AvgIpc) is 2.83. The summed E-state index contributed by atoms with van der Waals surface area (Å²) in [5.74, 6) is 1.06. The Kier molecular flexibility index (Phi) is 4.76. The van der Waals surface area contributed by atoms with Crippen LogP contribution in [0.25, 0.3) is 0 Å². The molecule has 1 heterocycles. The molecule has 1 aromatic heterocycles. The molecule has 0 aliphatic heterocycles. The Morgan fingerprint density at radius 2 is 2.05 bits per heavy atom. The Morgan fingerprint density at radius 1 is 1.35 bits per heavy atom. The highest BCUT2D eigenvalue weighted by Crippen LogP contribution is 2.30. The molecule has 0 radical (unpaired) electrons. The Balaban J connectivity index is 2.00. The molecule has 0 bridgehead atoms. The third kappa shape index (κ3) is 3.74. The minimum atomic E-state index is -3.75. The molecule has 0 spiro atoms. The maximum absolute atomic E-state index is 12.1. The quantitative estimate of drug-likeness (QED) is 0.862. The molecule has 1 aliphatic rings. The van der Waals surface area contributed by atoms with Crippen molar-refractivity contribution in [2.75, 3.05) is 0 Å². The second-order valence-electron chi connectivity index (χ2n) is 5.53. The zero-order chi connectivity index (χ0) is 14.9. The van der Waals surface area contributed by atoms with Crippen molar-refractivity contribution in [2.45, 2.75) is 43.4 Å². The summed E-state index contributed by atoms with van der Waals surface area (Å²) in [7, 11) is 1.50. The molecule has 1 N–H and O–H groups in total. The van der Waals surface area contributed by atoms with E-state index in [0.29, 0.717) is 17.4 Å². The van der Waals surface area contributed by atoms with Crippen molar-refractivity contribution >= 4 is 37.0 Å². The highest BCUT2D eigenvalue weighted by Gasteiger charge is 2.26. The fourth-order valence-corrected chi connectivity index (χ4v) is 4.46. The fraction of sp³-hybridized carbons (Fsp3) is 0.615. The number of carbonyl (C=O) groups is 1. The van der Waals surface area contributed by atoms with Gasteiger partial charge in [0.05, 0.1) is 5.56 Å². The van der Waals surface area contributed by atoms with Gasteiger partial charge < -0.3 is 5.32 Å². The Morgan fingerprint density at radius 3 is 2.60 bits per heavy atom. The lowest BCUT2D eigenvalue weighted by molar-refractivity contribution is 0.0911. The maximum atomic E-state index is 12.1. The van der Waals surface area contributed by atoms with Gasteiger partial charge in [0.15, 0.2) is 0 Å². The van der Waals surface area contributed by atoms with Crippen LogP contribution in [0, 0.1) is 11.8 Å². The van der Waals surface area contributed by atoms with E-state index in [4.69, 9.17) is 10.7 Å². The summed E-state index contributed by atoms with van der Waals surface area (Å²) in [5, 5.41) is 4.51. The van der Waals surface area contributed by atoms with Gasteiger partial charge in [-0.2, -0.15) is 0 Å². The van der Waals surface area contributed by atoms with Crippen LogP contribution in [0.4, 0.5) is 0 Å². The van der Waals surface area contributed by atoms with Crippen molar-refractivity contribution in [1.29, 1.82) is 0 Å². The van der Waals surface area contributed by atoms with Crippen LogP contribution in [0.2, 0.25) is 0 Å². The highest BCUT2D eigenvalue weighted by atomic mass is 35.7. The lowest BCUT2D eigenvalue weighted by atomic mass is 9.79. The molecule has 0 saturated heterocycles. The fourth-order valence-electron chi connectivity index (χ4n) is 2.51. The van der Waals surface area contributed by atoms with E-state index in [2.05, 4.69) is 19.2 Å². The van der Waals surface area contributed by atoms with E-state index in [1.165, 1.54) is 11.4 Å². The van der Waals surface area contributed by atoms with Gasteiger partial charge in [0.25, 0.3) is 15.0 Å². The van der Waals surface area contributed by atoms with Crippen LogP contribution in [0.1, 0.15) is 43.5 Å². The number of carbonyl (C=O) groups excluding carboxylic acids is 1. The molecule has 20 heavy (non-hydrogen) atoms. The number of nitrogens with one attached hydrogen (secondary N) is 1. The molecule has 1 aromatic rings. The SMILES string of the molecule is CC1CCC(NC(=O)c2csc(S(=O)(=O)Cl)c2)CC1C. The number of rotatable bonds is 3. The maximum Gasteiger partial charge on any atom is 0.270 e. The number of hydrogen-bond donors (Lipinski definition) is 1. The second kappa shape index (κ2) is 6.03. The van der Waals surface area contributed by atoms with Gasteiger partial charge in [0, 0.05) is 22.1 Å². The summed E-state index contributed by atoms with van der Waals surface area (Å²) in [5.41, 5.74) is 0.362. The third-order valence-electron chi connectivity index (χ3n) is 4.01. The van der Waals surface area contributed by atoms with Crippen molar-refractivity contribution in [2.24, 2.45) is 11.8 Å². The van der Waals surface area contributed by atoms with E-state index < -0.39 is 9.05 Å². The van der Waals surface area contributed by atoms with Crippen molar-refractivity contribution < 1.29 is 13.2 Å². The molecule has 112 valence electrons. The molecule has 1 fully saturated rings. The molecule has 0 aromatic carbocycles. The van der Waals surface area contributed by atoms with Gasteiger partial charge in [-0.15, -0.1) is 11.3 Å². The van der Waals surface area contributed by atoms with Gasteiger partial charge >= 0.3 is 0 Å². The van der Waals surface area contributed by atoms with Crippen LogP contribution in [-0.2, 0) is 9.05 Å². The summed E-state index contributed by atoms with van der Waals surface area (Å²) < 4.78 is 22.4. The predicted octanol–water partition coefficient (Wildman–Crippen LogP) is 3.23. The van der Waals surface area contributed by atoms with Gasteiger partial charge in [-0.3, -0.25) is 4.79 Å². The Hall–Kier alpha value is -0.590. The van der Waals surface area contributed by atoms with E-state index in [0.717, 1.165) is 30.6 Å². The monoisotopic (exact) mass is 335 g/mol. The first-order valence-electron chi connectivity index (χ1n) is 6.61. The number of thiophene rings is 1. The molecular weight excluding hydrogens is 318 g/mol. The van der Waals surface area contributed by atoms with Crippen molar-refractivity contribution in [3.8, 4) is 0 Å². The highest BCUT2D eigenvalue weighted by molar-refractivity contribution is 8.15. The topological polar surface area (TPSA) is 63.2 Å². The molecule has 2 rings (SSSR count). The predicted molar refractivity (Wildman–Crippen MR) is 80.8 cm³/mol. The van der Waals surface area contributed by atoms with Crippen LogP contribution < -0.4 is 5.32 Å². The van der Waals surface area contributed by atoms with Crippen LogP contribution >= 0.6 is 22.0 Å². The second-order valence-corrected chi connectivity index (χ2v) is 9.23. The van der Waals surface area contributed by atoms with E-state index in [9.17, 15) is 13.2 Å². The lowest BCUT2D eigenvalue weighted by Crippen LogP contribution is -2.39. The van der Waals surface area contributed by atoms with Crippen molar-refractivity contribution in [3.63, 3.8) is 0 Å². The van der Waals surface area contributed by atoms with E-state index in [1.807, 2.05) is 0 Å². The lowest BCUT2D eigenvalue weighted by Gasteiger charge is -2.32. The van der Waals surface area contributed by atoms with Crippen LogP contribution in [0.3, 0.4) is 0 Å². The summed E-state index contributed by atoms with van der Waals surface area (Å²) in [4.78, 5) is 12.1. The van der Waals surface area contributed by atoms with E-state index in [1.54, 1.807) is 0 Å². The zero-order valence-electron chi connectivity index (χ0n) is 11.4. The van der Waals surface area contributed by atoms with Crippen molar-refractivity contribution in [1.82, 2.24) is 5.32 Å². The normalized spacial score (nSPS) is 27.2. The summed E-state index contributed by atoms with van der Waals surface area (Å²) >= 11 is 0.967. The molecule has 1 saturated carbocycles. The molecule has 3 unspecified atom stereocenters. The van der Waals surface area contributed by atoms with Crippen LogP contribution in [0.5, 0.6) is 0 Å². The number of halogens is 1.